The summed E-state index contributed by atoms with van der Waals surface area (Å²) < 4.78 is 0. The molecule has 1 aliphatic carbocycles. The monoisotopic (exact) mass is 312 g/mol. The van der Waals surface area contributed by atoms with E-state index in [1.165, 1.54) is 39.0 Å². The van der Waals surface area contributed by atoms with Crippen LogP contribution in [-0.4, -0.2) is 36.0 Å². The smallest absolute Gasteiger partial charge is 0.308 e. The van der Waals surface area contributed by atoms with Crippen LogP contribution in [0.2, 0.25) is 0 Å². The van der Waals surface area contributed by atoms with Crippen LogP contribution in [-0.2, 0) is 14.4 Å². The molecular formula is C16H28N2O4. The number of carbonyl (C=O) groups excluding carboxylic acids is 2. The zero-order valence-corrected chi connectivity index (χ0v) is 13.4. The first-order valence-electron chi connectivity index (χ1n) is 8.25. The summed E-state index contributed by atoms with van der Waals surface area (Å²) in [6.07, 6.45) is 7.99. The maximum absolute atomic E-state index is 11.7. The Kier molecular flexibility index (Phi) is 8.55. The summed E-state index contributed by atoms with van der Waals surface area (Å²) in [5.74, 6) is -1.09. The molecule has 6 nitrogen and oxygen atoms in total. The Bertz CT molecular complexity index is 378. The largest absolute Gasteiger partial charge is 0.481 e. The molecule has 1 atom stereocenters. The van der Waals surface area contributed by atoms with Gasteiger partial charge in [-0.25, -0.2) is 0 Å². The van der Waals surface area contributed by atoms with E-state index >= 15 is 0 Å². The van der Waals surface area contributed by atoms with Gasteiger partial charge in [-0.1, -0.05) is 39.0 Å². The minimum absolute atomic E-state index is 0.00252. The molecule has 1 rings (SSSR count). The van der Waals surface area contributed by atoms with E-state index in [-0.39, 0.29) is 24.8 Å². The molecule has 1 fully saturated rings. The minimum Gasteiger partial charge on any atom is -0.481 e. The van der Waals surface area contributed by atoms with Gasteiger partial charge in [0, 0.05) is 25.9 Å². The molecule has 1 aliphatic rings. The van der Waals surface area contributed by atoms with Crippen LogP contribution in [0.4, 0.5) is 0 Å². The molecule has 0 unspecified atom stereocenters. The predicted molar refractivity (Wildman–Crippen MR) is 83.2 cm³/mol. The van der Waals surface area contributed by atoms with Crippen LogP contribution in [0.5, 0.6) is 0 Å². The molecule has 0 aromatic heterocycles. The van der Waals surface area contributed by atoms with Gasteiger partial charge in [-0.15, -0.1) is 0 Å². The van der Waals surface area contributed by atoms with Crippen molar-refractivity contribution in [3.05, 3.63) is 0 Å². The number of carboxylic acids is 1. The van der Waals surface area contributed by atoms with Crippen molar-refractivity contribution in [1.82, 2.24) is 10.6 Å². The molecule has 0 aromatic carbocycles. The maximum Gasteiger partial charge on any atom is 0.308 e. The molecule has 126 valence electrons. The lowest BCUT2D eigenvalue weighted by Gasteiger charge is -2.20. The van der Waals surface area contributed by atoms with Gasteiger partial charge in [0.15, 0.2) is 0 Å². The fourth-order valence-corrected chi connectivity index (χ4v) is 2.66. The molecule has 0 aliphatic heterocycles. The summed E-state index contributed by atoms with van der Waals surface area (Å²) in [4.78, 5) is 33.8. The Balaban J connectivity index is 2.03. The van der Waals surface area contributed by atoms with Crippen molar-refractivity contribution in [2.24, 2.45) is 11.8 Å². The van der Waals surface area contributed by atoms with Gasteiger partial charge in [0.1, 0.15) is 0 Å². The van der Waals surface area contributed by atoms with Gasteiger partial charge in [-0.05, 0) is 12.3 Å². The number of aliphatic carboxylic acids is 1. The fraction of sp³-hybridized carbons (Fsp3) is 0.812. The molecule has 0 heterocycles. The molecule has 0 saturated heterocycles. The molecule has 1 saturated carbocycles. The van der Waals surface area contributed by atoms with Crippen LogP contribution in [0.3, 0.4) is 0 Å². The van der Waals surface area contributed by atoms with Crippen molar-refractivity contribution in [3.63, 3.8) is 0 Å². The summed E-state index contributed by atoms with van der Waals surface area (Å²) in [6.45, 7) is 1.95. The third-order valence-electron chi connectivity index (χ3n) is 4.21. The predicted octanol–water partition coefficient (Wildman–Crippen LogP) is 1.69. The maximum atomic E-state index is 11.7. The molecule has 22 heavy (non-hydrogen) atoms. The highest BCUT2D eigenvalue weighted by atomic mass is 16.4. The van der Waals surface area contributed by atoms with Crippen molar-refractivity contribution in [2.45, 2.75) is 58.3 Å². The van der Waals surface area contributed by atoms with Crippen LogP contribution in [0.1, 0.15) is 58.3 Å². The van der Waals surface area contributed by atoms with Crippen molar-refractivity contribution in [2.75, 3.05) is 13.1 Å². The Morgan fingerprint density at radius 1 is 1.05 bits per heavy atom. The lowest BCUT2D eigenvalue weighted by Crippen LogP contribution is -2.34. The standard InChI is InChI=1S/C16H28N2O4/c1-12(16(21)22)11-18-15(20)9-10-17-14(19)8-7-13-5-3-2-4-6-13/h12-13H,2-11H2,1H3,(H,17,19)(H,18,20)(H,21,22)/t12-/m0/s1. The second-order valence-electron chi connectivity index (χ2n) is 6.19. The van der Waals surface area contributed by atoms with Gasteiger partial charge in [-0.3, -0.25) is 14.4 Å². The number of nitrogens with one attached hydrogen (secondary N) is 2. The zero-order valence-electron chi connectivity index (χ0n) is 13.4. The van der Waals surface area contributed by atoms with Gasteiger partial charge in [0.25, 0.3) is 0 Å². The molecule has 0 spiro atoms. The SMILES string of the molecule is C[C@@H](CNC(=O)CCNC(=O)CCC1CCCCC1)C(=O)O. The number of hydrogen-bond donors (Lipinski definition) is 3. The van der Waals surface area contributed by atoms with E-state index < -0.39 is 11.9 Å². The first-order valence-corrected chi connectivity index (χ1v) is 8.25. The molecular weight excluding hydrogens is 284 g/mol. The summed E-state index contributed by atoms with van der Waals surface area (Å²) in [6, 6.07) is 0. The highest BCUT2D eigenvalue weighted by molar-refractivity contribution is 5.79. The number of amides is 2. The van der Waals surface area contributed by atoms with Gasteiger partial charge in [0.2, 0.25) is 11.8 Å². The normalized spacial score (nSPS) is 16.8. The third kappa shape index (κ3) is 8.00. The number of rotatable bonds is 9. The Morgan fingerprint density at radius 3 is 2.32 bits per heavy atom. The summed E-state index contributed by atoms with van der Waals surface area (Å²) in [5.41, 5.74) is 0. The van der Waals surface area contributed by atoms with Gasteiger partial charge < -0.3 is 15.7 Å². The Hall–Kier alpha value is -1.59. The van der Waals surface area contributed by atoms with E-state index in [0.717, 1.165) is 6.42 Å². The summed E-state index contributed by atoms with van der Waals surface area (Å²) in [5, 5.41) is 14.0. The number of carboxylic acid groups (broad SMARTS) is 1. The zero-order chi connectivity index (χ0) is 16.4. The number of carbonyl (C=O) groups is 3. The van der Waals surface area contributed by atoms with Gasteiger partial charge in [-0.2, -0.15) is 0 Å². The topological polar surface area (TPSA) is 95.5 Å². The van der Waals surface area contributed by atoms with E-state index in [1.807, 2.05) is 0 Å². The first-order chi connectivity index (χ1) is 10.5. The second-order valence-corrected chi connectivity index (χ2v) is 6.19. The van der Waals surface area contributed by atoms with Crippen molar-refractivity contribution in [1.29, 1.82) is 0 Å². The Labute approximate surface area is 132 Å². The van der Waals surface area contributed by atoms with E-state index in [0.29, 0.717) is 18.9 Å². The molecule has 3 N–H and O–H groups in total. The average molecular weight is 312 g/mol. The van der Waals surface area contributed by atoms with Crippen LogP contribution in [0.15, 0.2) is 0 Å². The molecule has 2 amide bonds. The summed E-state index contributed by atoms with van der Waals surface area (Å²) in [7, 11) is 0. The first kappa shape index (κ1) is 18.5. The summed E-state index contributed by atoms with van der Waals surface area (Å²) >= 11 is 0. The highest BCUT2D eigenvalue weighted by Crippen LogP contribution is 2.27. The quantitative estimate of drug-likeness (QED) is 0.604. The molecule has 0 radical (unpaired) electrons. The third-order valence-corrected chi connectivity index (χ3v) is 4.21. The lowest BCUT2D eigenvalue weighted by atomic mass is 9.86. The minimum atomic E-state index is -0.934. The Morgan fingerprint density at radius 2 is 1.68 bits per heavy atom. The van der Waals surface area contributed by atoms with Crippen LogP contribution in [0, 0.1) is 11.8 Å². The van der Waals surface area contributed by atoms with E-state index in [2.05, 4.69) is 10.6 Å². The second kappa shape index (κ2) is 10.2. The molecule has 0 bridgehead atoms. The van der Waals surface area contributed by atoms with Crippen molar-refractivity contribution in [3.8, 4) is 0 Å². The molecule has 6 heteroatoms. The van der Waals surface area contributed by atoms with E-state index in [4.69, 9.17) is 5.11 Å². The lowest BCUT2D eigenvalue weighted by molar-refractivity contribution is -0.141. The van der Waals surface area contributed by atoms with Crippen LogP contribution in [0.25, 0.3) is 0 Å². The van der Waals surface area contributed by atoms with Crippen LogP contribution < -0.4 is 10.6 Å². The highest BCUT2D eigenvalue weighted by Gasteiger charge is 2.15. The van der Waals surface area contributed by atoms with Gasteiger partial charge >= 0.3 is 5.97 Å². The van der Waals surface area contributed by atoms with E-state index in [9.17, 15) is 14.4 Å². The van der Waals surface area contributed by atoms with Crippen molar-refractivity contribution < 1.29 is 19.5 Å². The fourth-order valence-electron chi connectivity index (χ4n) is 2.66. The van der Waals surface area contributed by atoms with Gasteiger partial charge in [0.05, 0.1) is 5.92 Å². The van der Waals surface area contributed by atoms with Crippen LogP contribution >= 0.6 is 0 Å². The van der Waals surface area contributed by atoms with E-state index in [1.54, 1.807) is 0 Å². The number of hydrogen-bond acceptors (Lipinski definition) is 3. The average Bonchev–Trinajstić information content (AvgIpc) is 2.51. The molecule has 0 aromatic rings. The van der Waals surface area contributed by atoms with Crippen molar-refractivity contribution >= 4 is 17.8 Å².